The van der Waals surface area contributed by atoms with Gasteiger partial charge in [-0.25, -0.2) is 0 Å². The van der Waals surface area contributed by atoms with Crippen molar-refractivity contribution in [2.45, 2.75) is 39.7 Å². The highest BCUT2D eigenvalue weighted by Gasteiger charge is 2.20. The van der Waals surface area contributed by atoms with Gasteiger partial charge in [-0.05, 0) is 31.4 Å². The first kappa shape index (κ1) is 15.4. The lowest BCUT2D eigenvalue weighted by atomic mass is 10.1. The van der Waals surface area contributed by atoms with E-state index in [0.29, 0.717) is 11.3 Å². The summed E-state index contributed by atoms with van der Waals surface area (Å²) in [6, 6.07) is 4.97. The predicted molar refractivity (Wildman–Crippen MR) is 76.5 cm³/mol. The minimum atomic E-state index is -0.696. The summed E-state index contributed by atoms with van der Waals surface area (Å²) >= 11 is 0. The van der Waals surface area contributed by atoms with E-state index in [-0.39, 0.29) is 10.6 Å². The smallest absolute Gasteiger partial charge is 0.292 e. The average Bonchev–Trinajstić information content (AvgIpc) is 2.37. The summed E-state index contributed by atoms with van der Waals surface area (Å²) in [5.74, 6) is 0. The Labute approximate surface area is 114 Å². The van der Waals surface area contributed by atoms with Crippen molar-refractivity contribution in [2.24, 2.45) is 0 Å². The van der Waals surface area contributed by atoms with Crippen LogP contribution in [-0.2, 0) is 0 Å². The molecule has 5 heteroatoms. The number of aliphatic hydroxyl groups is 1. The third-order valence-corrected chi connectivity index (χ3v) is 3.01. The summed E-state index contributed by atoms with van der Waals surface area (Å²) < 4.78 is 0. The van der Waals surface area contributed by atoms with E-state index in [1.807, 2.05) is 4.90 Å². The molecule has 0 aliphatic heterocycles. The number of aliphatic hydroxyl groups excluding tert-OH is 1. The highest BCUT2D eigenvalue weighted by Crippen LogP contribution is 2.31. The summed E-state index contributed by atoms with van der Waals surface area (Å²) in [6.07, 6.45) is 1.18. The molecule has 1 aromatic rings. The first-order chi connectivity index (χ1) is 9.01. The molecular weight excluding hydrogens is 244 g/mol. The minimum absolute atomic E-state index is 0.0697. The van der Waals surface area contributed by atoms with Crippen LogP contribution in [0.4, 0.5) is 11.4 Å². The Kier molecular flexibility index (Phi) is 5.76. The molecule has 1 rings (SSSR count). The van der Waals surface area contributed by atoms with E-state index in [1.165, 1.54) is 6.07 Å². The van der Waals surface area contributed by atoms with Gasteiger partial charge in [0.15, 0.2) is 0 Å². The molecule has 19 heavy (non-hydrogen) atoms. The van der Waals surface area contributed by atoms with Gasteiger partial charge in [0.05, 0.1) is 11.0 Å². The van der Waals surface area contributed by atoms with Crippen molar-refractivity contribution in [1.29, 1.82) is 0 Å². The number of nitro benzene ring substituents is 1. The SMILES string of the molecule is CCCN(CCC)c1ccc([C@H](C)O)cc1[N+](=O)[O-]. The van der Waals surface area contributed by atoms with E-state index in [0.717, 1.165) is 25.9 Å². The molecule has 0 spiro atoms. The second-order valence-corrected chi connectivity index (χ2v) is 4.67. The molecule has 0 heterocycles. The number of nitrogens with zero attached hydrogens (tertiary/aromatic N) is 2. The Balaban J connectivity index is 3.20. The topological polar surface area (TPSA) is 66.6 Å². The quantitative estimate of drug-likeness (QED) is 0.607. The van der Waals surface area contributed by atoms with Crippen LogP contribution in [0.2, 0.25) is 0 Å². The van der Waals surface area contributed by atoms with Crippen LogP contribution in [0.3, 0.4) is 0 Å². The Morgan fingerprint density at radius 2 is 1.89 bits per heavy atom. The zero-order chi connectivity index (χ0) is 14.4. The molecule has 0 aromatic heterocycles. The summed E-state index contributed by atoms with van der Waals surface area (Å²) in [4.78, 5) is 12.9. The Hall–Kier alpha value is -1.62. The molecule has 0 saturated heterocycles. The lowest BCUT2D eigenvalue weighted by Gasteiger charge is -2.23. The van der Waals surface area contributed by atoms with E-state index < -0.39 is 6.10 Å². The number of hydrogen-bond acceptors (Lipinski definition) is 4. The second-order valence-electron chi connectivity index (χ2n) is 4.67. The van der Waals surface area contributed by atoms with Gasteiger partial charge in [-0.15, -0.1) is 0 Å². The van der Waals surface area contributed by atoms with E-state index in [2.05, 4.69) is 13.8 Å². The van der Waals surface area contributed by atoms with Gasteiger partial charge in [-0.3, -0.25) is 10.1 Å². The van der Waals surface area contributed by atoms with Gasteiger partial charge < -0.3 is 10.0 Å². The molecule has 106 valence electrons. The van der Waals surface area contributed by atoms with E-state index in [1.54, 1.807) is 19.1 Å². The van der Waals surface area contributed by atoms with Crippen molar-refractivity contribution in [1.82, 2.24) is 0 Å². The molecule has 1 aromatic carbocycles. The molecule has 0 radical (unpaired) electrons. The first-order valence-corrected chi connectivity index (χ1v) is 6.72. The fourth-order valence-electron chi connectivity index (χ4n) is 2.11. The number of rotatable bonds is 7. The molecule has 0 aliphatic carbocycles. The maximum Gasteiger partial charge on any atom is 0.292 e. The van der Waals surface area contributed by atoms with Crippen molar-refractivity contribution in [3.63, 3.8) is 0 Å². The first-order valence-electron chi connectivity index (χ1n) is 6.72. The molecule has 1 atom stereocenters. The van der Waals surface area contributed by atoms with Gasteiger partial charge in [0.1, 0.15) is 5.69 Å². The van der Waals surface area contributed by atoms with Crippen molar-refractivity contribution in [2.75, 3.05) is 18.0 Å². The van der Waals surface area contributed by atoms with Crippen molar-refractivity contribution < 1.29 is 10.0 Å². The normalized spacial score (nSPS) is 12.2. The molecule has 0 fully saturated rings. The van der Waals surface area contributed by atoms with Crippen LogP contribution in [0.5, 0.6) is 0 Å². The molecule has 0 aliphatic rings. The fraction of sp³-hybridized carbons (Fsp3) is 0.571. The monoisotopic (exact) mass is 266 g/mol. The lowest BCUT2D eigenvalue weighted by molar-refractivity contribution is -0.384. The number of nitro groups is 1. The van der Waals surface area contributed by atoms with Crippen LogP contribution in [0.15, 0.2) is 18.2 Å². The fourth-order valence-corrected chi connectivity index (χ4v) is 2.11. The van der Waals surface area contributed by atoms with Crippen LogP contribution in [0.1, 0.15) is 45.3 Å². The van der Waals surface area contributed by atoms with Gasteiger partial charge in [0.25, 0.3) is 5.69 Å². The molecule has 5 nitrogen and oxygen atoms in total. The molecule has 0 unspecified atom stereocenters. The Morgan fingerprint density at radius 1 is 1.32 bits per heavy atom. The number of benzene rings is 1. The average molecular weight is 266 g/mol. The zero-order valence-corrected chi connectivity index (χ0v) is 11.8. The number of anilines is 1. The maximum atomic E-state index is 11.2. The van der Waals surface area contributed by atoms with E-state index >= 15 is 0 Å². The highest BCUT2D eigenvalue weighted by atomic mass is 16.6. The van der Waals surface area contributed by atoms with Crippen LogP contribution < -0.4 is 4.90 Å². The minimum Gasteiger partial charge on any atom is -0.389 e. The summed E-state index contributed by atoms with van der Waals surface area (Å²) in [7, 11) is 0. The van der Waals surface area contributed by atoms with Crippen LogP contribution in [0, 0.1) is 10.1 Å². The summed E-state index contributed by atoms with van der Waals surface area (Å²) in [5.41, 5.74) is 1.28. The summed E-state index contributed by atoms with van der Waals surface area (Å²) in [5, 5.41) is 20.7. The molecule has 1 N–H and O–H groups in total. The van der Waals surface area contributed by atoms with Gasteiger partial charge in [0, 0.05) is 19.2 Å². The summed E-state index contributed by atoms with van der Waals surface area (Å²) in [6.45, 7) is 7.30. The standard InChI is InChI=1S/C14H22N2O3/c1-4-8-15(9-5-2)13-7-6-12(11(3)17)10-14(13)16(18)19/h6-7,10-11,17H,4-5,8-9H2,1-3H3/t11-/m0/s1. The molecular formula is C14H22N2O3. The Bertz CT molecular complexity index is 427. The molecule has 0 bridgehead atoms. The zero-order valence-electron chi connectivity index (χ0n) is 11.8. The van der Waals surface area contributed by atoms with Gasteiger partial charge in [-0.2, -0.15) is 0 Å². The maximum absolute atomic E-state index is 11.2. The van der Waals surface area contributed by atoms with Gasteiger partial charge in [-0.1, -0.05) is 19.9 Å². The lowest BCUT2D eigenvalue weighted by Crippen LogP contribution is -2.25. The van der Waals surface area contributed by atoms with E-state index in [4.69, 9.17) is 0 Å². The highest BCUT2D eigenvalue weighted by molar-refractivity contribution is 5.64. The molecule has 0 amide bonds. The van der Waals surface area contributed by atoms with Crippen LogP contribution in [-0.4, -0.2) is 23.1 Å². The van der Waals surface area contributed by atoms with Crippen molar-refractivity contribution in [3.8, 4) is 0 Å². The van der Waals surface area contributed by atoms with E-state index in [9.17, 15) is 15.2 Å². The number of hydrogen-bond donors (Lipinski definition) is 1. The third kappa shape index (κ3) is 3.92. The second kappa shape index (κ2) is 7.09. The molecule has 0 saturated carbocycles. The van der Waals surface area contributed by atoms with Crippen molar-refractivity contribution >= 4 is 11.4 Å². The van der Waals surface area contributed by atoms with Gasteiger partial charge >= 0.3 is 0 Å². The Morgan fingerprint density at radius 3 is 2.32 bits per heavy atom. The largest absolute Gasteiger partial charge is 0.389 e. The predicted octanol–water partition coefficient (Wildman–Crippen LogP) is 3.27. The van der Waals surface area contributed by atoms with Crippen LogP contribution >= 0.6 is 0 Å². The van der Waals surface area contributed by atoms with Gasteiger partial charge in [0.2, 0.25) is 0 Å². The van der Waals surface area contributed by atoms with Crippen LogP contribution in [0.25, 0.3) is 0 Å². The van der Waals surface area contributed by atoms with Crippen molar-refractivity contribution in [3.05, 3.63) is 33.9 Å². The third-order valence-electron chi connectivity index (χ3n) is 3.01.